The summed E-state index contributed by atoms with van der Waals surface area (Å²) in [6.45, 7) is 7.28. The number of carbonyl (C=O) groups excluding carboxylic acids is 1. The van der Waals surface area contributed by atoms with Crippen LogP contribution in [0.15, 0.2) is 0 Å². The van der Waals surface area contributed by atoms with Gasteiger partial charge in [0.05, 0.1) is 26.4 Å². The Morgan fingerprint density at radius 1 is 1.29 bits per heavy atom. The molecule has 0 heterocycles. The first kappa shape index (κ1) is 24.5. The average molecular weight is 420 g/mol. The summed E-state index contributed by atoms with van der Waals surface area (Å²) in [4.78, 5) is 12.2. The van der Waals surface area contributed by atoms with Gasteiger partial charge in [0.1, 0.15) is 29.9 Å². The van der Waals surface area contributed by atoms with E-state index in [0.29, 0.717) is 19.6 Å². The van der Waals surface area contributed by atoms with Crippen LogP contribution in [0, 0.1) is 22.3 Å². The molecule has 0 aromatic carbocycles. The summed E-state index contributed by atoms with van der Waals surface area (Å²) >= 11 is 0. The molecule has 1 fully saturated rings. The zero-order valence-corrected chi connectivity index (χ0v) is 18.3. The molecule has 10 heteroatoms. The van der Waals surface area contributed by atoms with Gasteiger partial charge in [-0.1, -0.05) is 20.8 Å². The van der Waals surface area contributed by atoms with Crippen molar-refractivity contribution in [2.24, 2.45) is 10.8 Å². The number of hydrogen-bond acceptors (Lipinski definition) is 7. The lowest BCUT2D eigenvalue weighted by Crippen LogP contribution is -2.49. The number of hydrogen-bond donors (Lipinski definition) is 1. The van der Waals surface area contributed by atoms with Crippen LogP contribution in [0.5, 0.6) is 0 Å². The van der Waals surface area contributed by atoms with E-state index >= 15 is 0 Å². The molecule has 1 amide bonds. The van der Waals surface area contributed by atoms with Crippen LogP contribution in [0.4, 0.5) is 4.79 Å². The molecule has 0 spiro atoms. The topological polar surface area (TPSA) is 129 Å². The quantitative estimate of drug-likeness (QED) is 0.340. The minimum atomic E-state index is -4.26. The molecule has 0 aliphatic heterocycles. The maximum Gasteiger partial charge on any atom is 0.407 e. The highest BCUT2D eigenvalue weighted by Gasteiger charge is 2.42. The number of likely N-dealkylation sites (N-methyl/N-ethyl adjacent to an activating group) is 1. The van der Waals surface area contributed by atoms with E-state index in [0.717, 1.165) is 12.8 Å². The highest BCUT2D eigenvalue weighted by molar-refractivity contribution is 7.85. The van der Waals surface area contributed by atoms with Crippen molar-refractivity contribution in [3.63, 3.8) is 0 Å². The first-order chi connectivity index (χ1) is 12.7. The zero-order valence-electron chi connectivity index (χ0n) is 17.5. The van der Waals surface area contributed by atoms with Gasteiger partial charge in [-0.2, -0.15) is 5.26 Å². The minimum absolute atomic E-state index is 0.00748. The molecule has 9 nitrogen and oxygen atoms in total. The lowest BCUT2D eigenvalue weighted by atomic mass is 9.63. The van der Waals surface area contributed by atoms with E-state index in [1.165, 1.54) is 0 Å². The fourth-order valence-corrected chi connectivity index (χ4v) is 4.83. The van der Waals surface area contributed by atoms with Gasteiger partial charge in [-0.3, -0.25) is 0 Å². The molecule has 1 saturated carbocycles. The van der Waals surface area contributed by atoms with Crippen molar-refractivity contribution in [1.82, 2.24) is 5.32 Å². The summed E-state index contributed by atoms with van der Waals surface area (Å²) in [5.41, 5.74) is -0.218. The largest absolute Gasteiger partial charge is 0.748 e. The molecule has 1 aliphatic rings. The number of ether oxygens (including phenoxy) is 2. The average Bonchev–Trinajstić information content (AvgIpc) is 2.48. The Morgan fingerprint density at radius 3 is 2.50 bits per heavy atom. The third-order valence-electron chi connectivity index (χ3n) is 5.13. The molecule has 0 saturated heterocycles. The van der Waals surface area contributed by atoms with E-state index in [9.17, 15) is 17.8 Å². The first-order valence-corrected chi connectivity index (χ1v) is 10.9. The van der Waals surface area contributed by atoms with Crippen LogP contribution in [0.2, 0.25) is 0 Å². The van der Waals surface area contributed by atoms with Crippen molar-refractivity contribution in [2.45, 2.75) is 46.1 Å². The monoisotopic (exact) mass is 419 g/mol. The molecule has 1 rings (SSSR count). The third kappa shape index (κ3) is 9.57. The van der Waals surface area contributed by atoms with Gasteiger partial charge in [0.2, 0.25) is 0 Å². The predicted octanol–water partition coefficient (Wildman–Crippen LogP) is 1.42. The number of rotatable bonds is 9. The molecule has 28 heavy (non-hydrogen) atoms. The van der Waals surface area contributed by atoms with E-state index in [1.807, 2.05) is 0 Å². The number of alkyl carbamates (subject to hydrolysis) is 1. The van der Waals surface area contributed by atoms with Crippen molar-refractivity contribution in [3.8, 4) is 6.26 Å². The highest BCUT2D eigenvalue weighted by atomic mass is 32.2. The minimum Gasteiger partial charge on any atom is -0.748 e. The molecule has 2 atom stereocenters. The highest BCUT2D eigenvalue weighted by Crippen LogP contribution is 2.46. The molecule has 2 unspecified atom stereocenters. The van der Waals surface area contributed by atoms with Crippen LogP contribution in [-0.4, -0.2) is 75.7 Å². The lowest BCUT2D eigenvalue weighted by Gasteiger charge is -2.45. The van der Waals surface area contributed by atoms with Gasteiger partial charge in [-0.15, -0.1) is 0 Å². The Labute approximate surface area is 168 Å². The second-order valence-corrected chi connectivity index (χ2v) is 11.1. The molecule has 0 aromatic rings. The number of nitriles is 1. The van der Waals surface area contributed by atoms with E-state index in [1.54, 1.807) is 20.4 Å². The van der Waals surface area contributed by atoms with Gasteiger partial charge < -0.3 is 23.8 Å². The Bertz CT molecular complexity index is 686. The standard InChI is InChI=1S/C18H33N3O6S/c1-17(2)10-15(11-18(3,12-17)13-26-14-19)20-16(22)27-8-6-21(4,5)7-9-28(23,24)25/h15H,6-13H2,1-5H3,(H-,20,22,23,24,25). The first-order valence-electron chi connectivity index (χ1n) is 9.35. The maximum absolute atomic E-state index is 12.2. The number of carbonyl (C=O) groups is 1. The smallest absolute Gasteiger partial charge is 0.407 e. The number of nitrogens with one attached hydrogen (secondary N) is 1. The maximum atomic E-state index is 12.2. The van der Waals surface area contributed by atoms with Crippen molar-refractivity contribution in [3.05, 3.63) is 0 Å². The van der Waals surface area contributed by atoms with Crippen LogP contribution in [0.25, 0.3) is 0 Å². The van der Waals surface area contributed by atoms with Crippen LogP contribution in [0.3, 0.4) is 0 Å². The molecule has 0 radical (unpaired) electrons. The summed E-state index contributed by atoms with van der Waals surface area (Å²) in [6, 6.07) is -0.0864. The van der Waals surface area contributed by atoms with Crippen LogP contribution < -0.4 is 5.32 Å². The van der Waals surface area contributed by atoms with Gasteiger partial charge >= 0.3 is 6.09 Å². The second-order valence-electron chi connectivity index (χ2n) is 9.56. The molecule has 1 aliphatic carbocycles. The van der Waals surface area contributed by atoms with E-state index in [2.05, 4.69) is 26.1 Å². The summed E-state index contributed by atoms with van der Waals surface area (Å²) < 4.78 is 42.8. The predicted molar refractivity (Wildman–Crippen MR) is 102 cm³/mol. The Morgan fingerprint density at radius 2 is 1.93 bits per heavy atom. The lowest BCUT2D eigenvalue weighted by molar-refractivity contribution is -0.888. The van der Waals surface area contributed by atoms with Crippen molar-refractivity contribution >= 4 is 16.2 Å². The summed E-state index contributed by atoms with van der Waals surface area (Å²) in [7, 11) is -0.714. The number of nitrogens with zero attached hydrogens (tertiary/aromatic N) is 2. The Balaban J connectivity index is 2.50. The van der Waals surface area contributed by atoms with Crippen molar-refractivity contribution in [2.75, 3.05) is 46.2 Å². The molecular formula is C18H33N3O6S. The van der Waals surface area contributed by atoms with Gasteiger partial charge in [-0.25, -0.2) is 13.2 Å². The Kier molecular flexibility index (Phi) is 8.11. The SMILES string of the molecule is CC1(C)CC(NC(=O)OCC[N+](C)(C)CCS(=O)(=O)[O-])CC(C)(COC#N)C1. The van der Waals surface area contributed by atoms with E-state index in [4.69, 9.17) is 14.7 Å². The van der Waals surface area contributed by atoms with Crippen LogP contribution in [0.1, 0.15) is 40.0 Å². The van der Waals surface area contributed by atoms with Crippen molar-refractivity contribution in [1.29, 1.82) is 5.26 Å². The summed E-state index contributed by atoms with van der Waals surface area (Å²) in [5.74, 6) is -0.452. The van der Waals surface area contributed by atoms with Gasteiger partial charge in [0.25, 0.3) is 6.26 Å². The van der Waals surface area contributed by atoms with E-state index < -0.39 is 22.0 Å². The molecule has 162 valence electrons. The molecule has 0 aromatic heterocycles. The molecule has 0 bridgehead atoms. The summed E-state index contributed by atoms with van der Waals surface area (Å²) in [6.07, 6.45) is 3.57. The fraction of sp³-hybridized carbons (Fsp3) is 0.889. The molecule has 1 N–H and O–H groups in total. The summed E-state index contributed by atoms with van der Waals surface area (Å²) in [5, 5.41) is 11.6. The van der Waals surface area contributed by atoms with Gasteiger partial charge in [0, 0.05) is 11.5 Å². The molecular weight excluding hydrogens is 386 g/mol. The number of amides is 1. The second kappa shape index (κ2) is 9.29. The Hall–Kier alpha value is -1.57. The third-order valence-corrected chi connectivity index (χ3v) is 5.81. The van der Waals surface area contributed by atoms with Gasteiger partial charge in [-0.05, 0) is 24.7 Å². The fourth-order valence-electron chi connectivity index (χ4n) is 4.12. The van der Waals surface area contributed by atoms with Crippen molar-refractivity contribution < 1.29 is 31.7 Å². The van der Waals surface area contributed by atoms with E-state index in [-0.39, 0.29) is 34.5 Å². The van der Waals surface area contributed by atoms with Crippen LogP contribution >= 0.6 is 0 Å². The normalized spacial score (nSPS) is 24.8. The zero-order chi connectivity index (χ0) is 21.6. The number of quaternary nitrogens is 1. The van der Waals surface area contributed by atoms with Gasteiger partial charge in [0.15, 0.2) is 0 Å². The van der Waals surface area contributed by atoms with Crippen LogP contribution in [-0.2, 0) is 19.6 Å².